The first-order valence-corrected chi connectivity index (χ1v) is 7.12. The Bertz CT molecular complexity index is 769. The molecule has 0 saturated carbocycles. The van der Waals surface area contributed by atoms with Crippen LogP contribution in [-0.4, -0.2) is 0 Å². The first-order valence-electron chi connectivity index (χ1n) is 6.04. The molecule has 0 aromatic heterocycles. The topological polar surface area (TPSA) is 12.0 Å². The van der Waals surface area contributed by atoms with Gasteiger partial charge in [-0.3, -0.25) is 0 Å². The maximum absolute atomic E-state index is 13.9. The van der Waals surface area contributed by atoms with E-state index >= 15 is 0 Å². The van der Waals surface area contributed by atoms with Gasteiger partial charge in [0.2, 0.25) is 0 Å². The Labute approximate surface area is 128 Å². The van der Waals surface area contributed by atoms with Crippen LogP contribution in [0.2, 0.25) is 0 Å². The van der Waals surface area contributed by atoms with Gasteiger partial charge >= 0.3 is 0 Å². The lowest BCUT2D eigenvalue weighted by atomic mass is 10.1. The molecule has 0 radical (unpaired) electrons. The lowest BCUT2D eigenvalue weighted by molar-refractivity contribution is 0.628. The minimum Gasteiger partial charge on any atom is -0.354 e. The van der Waals surface area contributed by atoms with Gasteiger partial charge in [-0.25, -0.2) is 8.78 Å². The van der Waals surface area contributed by atoms with E-state index in [4.69, 9.17) is 0 Å². The van der Waals surface area contributed by atoms with Crippen molar-refractivity contribution in [2.75, 3.05) is 5.32 Å². The van der Waals surface area contributed by atoms with Crippen LogP contribution in [0.3, 0.4) is 0 Å². The van der Waals surface area contributed by atoms with Crippen LogP contribution in [0.15, 0.2) is 54.6 Å². The minimum absolute atomic E-state index is 0.241. The Hall–Kier alpha value is -1.69. The summed E-state index contributed by atoms with van der Waals surface area (Å²) in [6.07, 6.45) is 0. The number of benzene rings is 3. The Morgan fingerprint density at radius 2 is 1.50 bits per heavy atom. The average molecular weight is 381 g/mol. The highest BCUT2D eigenvalue weighted by molar-refractivity contribution is 14.1. The number of nitrogens with one attached hydrogen (secondary N) is 1. The molecule has 0 unspecified atom stereocenters. The number of anilines is 2. The summed E-state index contributed by atoms with van der Waals surface area (Å²) in [4.78, 5) is 0. The summed E-state index contributed by atoms with van der Waals surface area (Å²) < 4.78 is 27.6. The molecule has 20 heavy (non-hydrogen) atoms. The Morgan fingerprint density at radius 3 is 2.20 bits per heavy atom. The van der Waals surface area contributed by atoms with E-state index in [2.05, 4.69) is 27.9 Å². The van der Waals surface area contributed by atoms with Gasteiger partial charge in [-0.2, -0.15) is 0 Å². The molecule has 0 heterocycles. The molecule has 0 atom stereocenters. The highest BCUT2D eigenvalue weighted by Crippen LogP contribution is 2.33. The van der Waals surface area contributed by atoms with Crippen molar-refractivity contribution in [3.05, 3.63) is 69.8 Å². The van der Waals surface area contributed by atoms with Gasteiger partial charge in [0.15, 0.2) is 0 Å². The van der Waals surface area contributed by atoms with Gasteiger partial charge < -0.3 is 5.32 Å². The highest BCUT2D eigenvalue weighted by atomic mass is 127. The van der Waals surface area contributed by atoms with Crippen molar-refractivity contribution in [3.8, 4) is 0 Å². The standard InChI is InChI=1S/C16H10F2IN/c17-10-5-7-11(8-6-10)20-16-13-4-2-1-3-12(13)14(18)9-15(16)19/h1-9,20H. The fourth-order valence-corrected chi connectivity index (χ4v) is 2.80. The summed E-state index contributed by atoms with van der Waals surface area (Å²) in [6, 6.07) is 14.9. The maximum Gasteiger partial charge on any atom is 0.132 e. The van der Waals surface area contributed by atoms with Gasteiger partial charge in [-0.15, -0.1) is 0 Å². The zero-order valence-electron chi connectivity index (χ0n) is 10.3. The number of hydrogen-bond donors (Lipinski definition) is 1. The lowest BCUT2D eigenvalue weighted by Crippen LogP contribution is -1.96. The zero-order chi connectivity index (χ0) is 14.1. The fraction of sp³-hybridized carbons (Fsp3) is 0. The number of fused-ring (bicyclic) bond motifs is 1. The molecule has 0 saturated heterocycles. The molecule has 3 aromatic carbocycles. The highest BCUT2D eigenvalue weighted by Gasteiger charge is 2.10. The van der Waals surface area contributed by atoms with Crippen LogP contribution in [0.4, 0.5) is 20.2 Å². The second-order valence-corrected chi connectivity index (χ2v) is 5.55. The summed E-state index contributed by atoms with van der Waals surface area (Å²) >= 11 is 2.09. The molecule has 3 rings (SSSR count). The van der Waals surface area contributed by atoms with Crippen LogP contribution in [0.5, 0.6) is 0 Å². The predicted octanol–water partition coefficient (Wildman–Crippen LogP) is 5.47. The third-order valence-corrected chi connectivity index (χ3v) is 3.91. The van der Waals surface area contributed by atoms with Crippen LogP contribution >= 0.6 is 22.6 Å². The minimum atomic E-state index is -0.283. The molecule has 4 heteroatoms. The molecule has 1 N–H and O–H groups in total. The van der Waals surface area contributed by atoms with Gasteiger partial charge in [0.1, 0.15) is 11.6 Å². The van der Waals surface area contributed by atoms with Crippen LogP contribution in [0, 0.1) is 15.2 Å². The van der Waals surface area contributed by atoms with Crippen molar-refractivity contribution in [3.63, 3.8) is 0 Å². The first kappa shape index (κ1) is 13.3. The smallest absolute Gasteiger partial charge is 0.132 e. The number of rotatable bonds is 2. The third kappa shape index (κ3) is 2.47. The summed E-state index contributed by atoms with van der Waals surface area (Å²) in [7, 11) is 0. The summed E-state index contributed by atoms with van der Waals surface area (Å²) in [6.45, 7) is 0. The van der Waals surface area contributed by atoms with E-state index in [1.807, 2.05) is 12.1 Å². The van der Waals surface area contributed by atoms with E-state index < -0.39 is 0 Å². The molecule has 100 valence electrons. The summed E-state index contributed by atoms with van der Waals surface area (Å²) in [5, 5.41) is 4.60. The second kappa shape index (κ2) is 5.36. The van der Waals surface area contributed by atoms with Crippen molar-refractivity contribution < 1.29 is 8.78 Å². The van der Waals surface area contributed by atoms with Crippen molar-refractivity contribution >= 4 is 44.7 Å². The summed E-state index contributed by atoms with van der Waals surface area (Å²) in [5.41, 5.74) is 1.59. The maximum atomic E-state index is 13.9. The van der Waals surface area contributed by atoms with E-state index in [0.29, 0.717) is 5.39 Å². The van der Waals surface area contributed by atoms with E-state index in [9.17, 15) is 8.78 Å². The largest absolute Gasteiger partial charge is 0.354 e. The molecule has 0 fully saturated rings. The van der Waals surface area contributed by atoms with Gasteiger partial charge in [0.25, 0.3) is 0 Å². The van der Waals surface area contributed by atoms with Crippen LogP contribution in [-0.2, 0) is 0 Å². The quantitative estimate of drug-likeness (QED) is 0.581. The SMILES string of the molecule is Fc1ccc(Nc2c(I)cc(F)c3ccccc23)cc1. The van der Waals surface area contributed by atoms with E-state index in [1.165, 1.54) is 18.2 Å². The molecular formula is C16H10F2IN. The molecule has 0 spiro atoms. The molecule has 0 aliphatic heterocycles. The van der Waals surface area contributed by atoms with Crippen LogP contribution in [0.1, 0.15) is 0 Å². The van der Waals surface area contributed by atoms with Gasteiger partial charge in [-0.05, 0) is 52.9 Å². The van der Waals surface area contributed by atoms with Crippen molar-refractivity contribution in [1.29, 1.82) is 0 Å². The Morgan fingerprint density at radius 1 is 0.850 bits per heavy atom. The number of halogens is 3. The lowest BCUT2D eigenvalue weighted by Gasteiger charge is -2.13. The predicted molar refractivity (Wildman–Crippen MR) is 86.3 cm³/mol. The van der Waals surface area contributed by atoms with Crippen molar-refractivity contribution in [2.45, 2.75) is 0 Å². The molecule has 3 aromatic rings. The first-order chi connectivity index (χ1) is 9.65. The molecule has 0 aliphatic carbocycles. The van der Waals surface area contributed by atoms with Gasteiger partial charge in [0, 0.05) is 20.0 Å². The molecule has 0 bridgehead atoms. The van der Waals surface area contributed by atoms with Crippen LogP contribution < -0.4 is 5.32 Å². The average Bonchev–Trinajstić information content (AvgIpc) is 2.45. The van der Waals surface area contributed by atoms with E-state index in [-0.39, 0.29) is 11.6 Å². The number of hydrogen-bond acceptors (Lipinski definition) is 1. The third-order valence-electron chi connectivity index (χ3n) is 3.06. The summed E-state index contributed by atoms with van der Waals surface area (Å²) in [5.74, 6) is -0.524. The normalized spacial score (nSPS) is 10.8. The second-order valence-electron chi connectivity index (χ2n) is 4.39. The van der Waals surface area contributed by atoms with E-state index in [0.717, 1.165) is 20.3 Å². The Balaban J connectivity index is 2.13. The van der Waals surface area contributed by atoms with Crippen molar-refractivity contribution in [1.82, 2.24) is 0 Å². The molecule has 0 amide bonds. The molecule has 0 aliphatic rings. The van der Waals surface area contributed by atoms with E-state index in [1.54, 1.807) is 24.3 Å². The van der Waals surface area contributed by atoms with Gasteiger partial charge in [-0.1, -0.05) is 24.3 Å². The van der Waals surface area contributed by atoms with Gasteiger partial charge in [0.05, 0.1) is 5.69 Å². The molecular weight excluding hydrogens is 371 g/mol. The fourth-order valence-electron chi connectivity index (χ4n) is 2.10. The Kier molecular flexibility index (Phi) is 3.56. The van der Waals surface area contributed by atoms with Crippen LogP contribution in [0.25, 0.3) is 10.8 Å². The van der Waals surface area contributed by atoms with Crippen molar-refractivity contribution in [2.24, 2.45) is 0 Å². The zero-order valence-corrected chi connectivity index (χ0v) is 12.5. The molecule has 1 nitrogen and oxygen atoms in total. The monoisotopic (exact) mass is 381 g/mol.